The number of sulfonamides is 1. The van der Waals surface area contributed by atoms with Gasteiger partial charge in [0, 0.05) is 5.69 Å². The minimum absolute atomic E-state index is 0.0443. The first-order valence-corrected chi connectivity index (χ1v) is 8.81. The number of ether oxygens (including phenoxy) is 2. The average Bonchev–Trinajstić information content (AvgIpc) is 3.02. The van der Waals surface area contributed by atoms with E-state index >= 15 is 0 Å². The molecular formula is C14H20N2O4S. The van der Waals surface area contributed by atoms with Crippen LogP contribution in [0.15, 0.2) is 24.3 Å². The summed E-state index contributed by atoms with van der Waals surface area (Å²) in [6.45, 7) is 0.112. The third kappa shape index (κ3) is 3.66. The normalized spacial score (nSPS) is 27.9. The van der Waals surface area contributed by atoms with Crippen LogP contribution in [0.1, 0.15) is 19.3 Å². The zero-order valence-corrected chi connectivity index (χ0v) is 12.5. The van der Waals surface area contributed by atoms with Gasteiger partial charge in [0.15, 0.2) is 0 Å². The highest BCUT2D eigenvalue weighted by Crippen LogP contribution is 2.34. The smallest absolute Gasteiger partial charge is 0.215 e. The van der Waals surface area contributed by atoms with E-state index in [4.69, 9.17) is 15.2 Å². The molecule has 2 fully saturated rings. The second-order valence-corrected chi connectivity index (χ2v) is 7.44. The standard InChI is InChI=1S/C14H20N2O4S/c15-10-1-3-11(4-2-10)19-7-8-21(17,18)16-13-9-12-5-6-14(13)20-12/h1-4,12-14,16H,5-9,15H2. The van der Waals surface area contributed by atoms with Crippen molar-refractivity contribution in [1.29, 1.82) is 0 Å². The van der Waals surface area contributed by atoms with Crippen LogP contribution in [-0.2, 0) is 14.8 Å². The number of nitrogens with two attached hydrogens (primary N) is 1. The second-order valence-electron chi connectivity index (χ2n) is 5.57. The van der Waals surface area contributed by atoms with Crippen LogP contribution in [-0.4, -0.2) is 39.0 Å². The van der Waals surface area contributed by atoms with Gasteiger partial charge in [-0.3, -0.25) is 0 Å². The first kappa shape index (κ1) is 14.6. The van der Waals surface area contributed by atoms with Crippen molar-refractivity contribution in [3.8, 4) is 5.75 Å². The predicted octanol–water partition coefficient (Wildman–Crippen LogP) is 0.887. The van der Waals surface area contributed by atoms with Gasteiger partial charge in [0.25, 0.3) is 0 Å². The van der Waals surface area contributed by atoms with Gasteiger partial charge in [0.05, 0.1) is 24.0 Å². The summed E-state index contributed by atoms with van der Waals surface area (Å²) in [5, 5.41) is 0. The summed E-state index contributed by atoms with van der Waals surface area (Å²) in [5.74, 6) is 0.549. The Morgan fingerprint density at radius 3 is 2.67 bits per heavy atom. The lowest BCUT2D eigenvalue weighted by Gasteiger charge is -2.19. The highest BCUT2D eigenvalue weighted by atomic mass is 32.2. The lowest BCUT2D eigenvalue weighted by Crippen LogP contribution is -2.43. The minimum atomic E-state index is -3.35. The molecule has 0 amide bonds. The van der Waals surface area contributed by atoms with Gasteiger partial charge in [-0.15, -0.1) is 0 Å². The number of nitrogen functional groups attached to an aromatic ring is 1. The molecule has 3 N–H and O–H groups in total. The molecule has 3 unspecified atom stereocenters. The Balaban J connectivity index is 1.46. The minimum Gasteiger partial charge on any atom is -0.492 e. The third-order valence-electron chi connectivity index (χ3n) is 3.94. The van der Waals surface area contributed by atoms with Crippen molar-refractivity contribution in [1.82, 2.24) is 4.72 Å². The molecule has 1 aromatic carbocycles. The van der Waals surface area contributed by atoms with E-state index in [-0.39, 0.29) is 30.6 Å². The van der Waals surface area contributed by atoms with E-state index < -0.39 is 10.0 Å². The SMILES string of the molecule is Nc1ccc(OCCS(=O)(=O)NC2CC3CCC2O3)cc1. The van der Waals surface area contributed by atoms with Gasteiger partial charge in [-0.25, -0.2) is 13.1 Å². The summed E-state index contributed by atoms with van der Waals surface area (Å²) in [4.78, 5) is 0. The summed E-state index contributed by atoms with van der Waals surface area (Å²) < 4.78 is 37.9. The summed E-state index contributed by atoms with van der Waals surface area (Å²) >= 11 is 0. The number of anilines is 1. The number of hydrogen-bond acceptors (Lipinski definition) is 5. The quantitative estimate of drug-likeness (QED) is 0.761. The number of fused-ring (bicyclic) bond motifs is 2. The lowest BCUT2D eigenvalue weighted by molar-refractivity contribution is 0.0995. The van der Waals surface area contributed by atoms with E-state index in [9.17, 15) is 8.42 Å². The van der Waals surface area contributed by atoms with Crippen molar-refractivity contribution in [3.63, 3.8) is 0 Å². The summed E-state index contributed by atoms with van der Waals surface area (Å²) in [6.07, 6.45) is 3.04. The van der Waals surface area contributed by atoms with Crippen LogP contribution in [0.2, 0.25) is 0 Å². The first-order valence-electron chi connectivity index (χ1n) is 7.16. The van der Waals surface area contributed by atoms with E-state index in [2.05, 4.69) is 4.72 Å². The molecule has 0 aromatic heterocycles. The highest BCUT2D eigenvalue weighted by Gasteiger charge is 2.42. The van der Waals surface area contributed by atoms with Gasteiger partial charge in [-0.05, 0) is 43.5 Å². The van der Waals surface area contributed by atoms with Crippen LogP contribution in [0.5, 0.6) is 5.75 Å². The maximum atomic E-state index is 12.0. The van der Waals surface area contributed by atoms with Crippen molar-refractivity contribution < 1.29 is 17.9 Å². The number of benzene rings is 1. The Morgan fingerprint density at radius 2 is 2.05 bits per heavy atom. The molecule has 6 nitrogen and oxygen atoms in total. The van der Waals surface area contributed by atoms with E-state index in [1.165, 1.54) is 0 Å². The fourth-order valence-electron chi connectivity index (χ4n) is 2.88. The highest BCUT2D eigenvalue weighted by molar-refractivity contribution is 7.89. The van der Waals surface area contributed by atoms with Crippen LogP contribution < -0.4 is 15.2 Å². The van der Waals surface area contributed by atoms with E-state index in [0.717, 1.165) is 19.3 Å². The number of rotatable bonds is 6. The average molecular weight is 312 g/mol. The van der Waals surface area contributed by atoms with Crippen LogP contribution in [0, 0.1) is 0 Å². The molecule has 2 heterocycles. The van der Waals surface area contributed by atoms with Gasteiger partial charge < -0.3 is 15.2 Å². The fourth-order valence-corrected chi connectivity index (χ4v) is 4.01. The Morgan fingerprint density at radius 1 is 1.29 bits per heavy atom. The fraction of sp³-hybridized carbons (Fsp3) is 0.571. The first-order chi connectivity index (χ1) is 10.0. The van der Waals surface area contributed by atoms with Gasteiger partial charge in [0.1, 0.15) is 12.4 Å². The molecule has 0 spiro atoms. The molecule has 3 rings (SSSR count). The largest absolute Gasteiger partial charge is 0.492 e. The summed E-state index contributed by atoms with van der Waals surface area (Å²) in [5.41, 5.74) is 6.22. The molecule has 2 aliphatic heterocycles. The Labute approximate surface area is 124 Å². The van der Waals surface area contributed by atoms with Gasteiger partial charge >= 0.3 is 0 Å². The van der Waals surface area contributed by atoms with Crippen LogP contribution in [0.25, 0.3) is 0 Å². The zero-order chi connectivity index (χ0) is 14.9. The molecule has 7 heteroatoms. The second kappa shape index (κ2) is 5.82. The zero-order valence-electron chi connectivity index (χ0n) is 11.7. The van der Waals surface area contributed by atoms with E-state index in [0.29, 0.717) is 11.4 Å². The molecule has 2 aliphatic rings. The van der Waals surface area contributed by atoms with Crippen molar-refractivity contribution in [2.45, 2.75) is 37.5 Å². The Bertz CT molecular complexity index is 587. The number of nitrogens with one attached hydrogen (secondary N) is 1. The van der Waals surface area contributed by atoms with Gasteiger partial charge in [0.2, 0.25) is 10.0 Å². The molecule has 2 saturated heterocycles. The molecule has 1 aromatic rings. The molecule has 21 heavy (non-hydrogen) atoms. The topological polar surface area (TPSA) is 90.7 Å². The summed E-state index contributed by atoms with van der Waals surface area (Å²) in [7, 11) is -3.35. The van der Waals surface area contributed by atoms with Crippen LogP contribution >= 0.6 is 0 Å². The van der Waals surface area contributed by atoms with Gasteiger partial charge in [-0.2, -0.15) is 0 Å². The Kier molecular flexibility index (Phi) is 4.05. The van der Waals surface area contributed by atoms with Crippen molar-refractivity contribution in [2.24, 2.45) is 0 Å². The molecule has 116 valence electrons. The van der Waals surface area contributed by atoms with Crippen molar-refractivity contribution >= 4 is 15.7 Å². The van der Waals surface area contributed by atoms with E-state index in [1.54, 1.807) is 24.3 Å². The molecule has 0 aliphatic carbocycles. The predicted molar refractivity (Wildman–Crippen MR) is 79.6 cm³/mol. The van der Waals surface area contributed by atoms with Crippen molar-refractivity contribution in [2.75, 3.05) is 18.1 Å². The monoisotopic (exact) mass is 312 g/mol. The molecule has 0 saturated carbocycles. The molecule has 2 bridgehead atoms. The van der Waals surface area contributed by atoms with Crippen molar-refractivity contribution in [3.05, 3.63) is 24.3 Å². The van der Waals surface area contributed by atoms with E-state index in [1.807, 2.05) is 0 Å². The Hall–Kier alpha value is -1.31. The summed E-state index contributed by atoms with van der Waals surface area (Å²) in [6, 6.07) is 6.80. The van der Waals surface area contributed by atoms with Crippen LogP contribution in [0.4, 0.5) is 5.69 Å². The molecular weight excluding hydrogens is 292 g/mol. The van der Waals surface area contributed by atoms with Crippen LogP contribution in [0.3, 0.4) is 0 Å². The maximum Gasteiger partial charge on any atom is 0.215 e. The molecule has 0 radical (unpaired) electrons. The maximum absolute atomic E-state index is 12.0. The lowest BCUT2D eigenvalue weighted by atomic mass is 9.96. The number of hydrogen-bond donors (Lipinski definition) is 2. The third-order valence-corrected chi connectivity index (χ3v) is 5.30. The molecule has 3 atom stereocenters. The van der Waals surface area contributed by atoms with Gasteiger partial charge in [-0.1, -0.05) is 0 Å².